The molecule has 0 spiro atoms. The Labute approximate surface area is 243 Å². The van der Waals surface area contributed by atoms with E-state index in [2.05, 4.69) is 0 Å². The number of hydrogen-bond acceptors (Lipinski definition) is 11. The van der Waals surface area contributed by atoms with Gasteiger partial charge in [-0.2, -0.15) is 0 Å². The summed E-state index contributed by atoms with van der Waals surface area (Å²) in [7, 11) is 1.54. The van der Waals surface area contributed by atoms with Crippen LogP contribution in [0.2, 0.25) is 0 Å². The second-order valence-electron chi connectivity index (χ2n) is 11.6. The molecule has 0 unspecified atom stereocenters. The maximum absolute atomic E-state index is 13.3. The van der Waals surface area contributed by atoms with Crippen molar-refractivity contribution in [3.8, 4) is 11.5 Å². The maximum atomic E-state index is 13.3. The SMILES string of the molecule is COc1ccc(C[C@@H]2[C@H](OC(=O)Oc3ccc([N+](=O)[O-])cc3)[C@@H](OC(=O)OC(C)(C)C)CN2C(=O)OC(C)(C)C)cc1. The lowest BCUT2D eigenvalue weighted by atomic mass is 10.0. The van der Waals surface area contributed by atoms with E-state index in [1.54, 1.807) is 65.8 Å². The number of nitro groups is 1. The second kappa shape index (κ2) is 13.0. The van der Waals surface area contributed by atoms with Gasteiger partial charge in [0.1, 0.15) is 22.7 Å². The van der Waals surface area contributed by atoms with E-state index >= 15 is 0 Å². The topological polar surface area (TPSA) is 153 Å². The van der Waals surface area contributed by atoms with Crippen molar-refractivity contribution >= 4 is 24.1 Å². The first-order chi connectivity index (χ1) is 19.5. The van der Waals surface area contributed by atoms with Crippen molar-refractivity contribution in [3.63, 3.8) is 0 Å². The second-order valence-corrected chi connectivity index (χ2v) is 11.6. The highest BCUT2D eigenvalue weighted by atomic mass is 16.8. The zero-order chi connectivity index (χ0) is 31.2. The van der Waals surface area contributed by atoms with E-state index in [9.17, 15) is 24.5 Å². The number of likely N-dealkylation sites (tertiary alicyclic amines) is 1. The largest absolute Gasteiger partial charge is 0.514 e. The van der Waals surface area contributed by atoms with Crippen LogP contribution in [0, 0.1) is 10.1 Å². The van der Waals surface area contributed by atoms with Gasteiger partial charge in [0.05, 0.1) is 24.6 Å². The molecule has 3 rings (SSSR count). The van der Waals surface area contributed by atoms with Crippen molar-refractivity contribution in [3.05, 3.63) is 64.2 Å². The van der Waals surface area contributed by atoms with Gasteiger partial charge in [-0.05, 0) is 77.8 Å². The summed E-state index contributed by atoms with van der Waals surface area (Å²) in [5.41, 5.74) is -1.12. The molecule has 42 heavy (non-hydrogen) atoms. The smallest absolute Gasteiger partial charge is 0.497 e. The molecule has 1 aliphatic heterocycles. The summed E-state index contributed by atoms with van der Waals surface area (Å²) in [5.74, 6) is 0.615. The highest BCUT2D eigenvalue weighted by molar-refractivity contribution is 5.70. The summed E-state index contributed by atoms with van der Waals surface area (Å²) in [5, 5.41) is 10.9. The van der Waals surface area contributed by atoms with Gasteiger partial charge in [-0.3, -0.25) is 15.0 Å². The average molecular weight is 589 g/mol. The van der Waals surface area contributed by atoms with Gasteiger partial charge in [0, 0.05) is 12.1 Å². The minimum absolute atomic E-state index is 0.0103. The van der Waals surface area contributed by atoms with Crippen LogP contribution in [0.5, 0.6) is 11.5 Å². The number of carbonyl (C=O) groups is 3. The monoisotopic (exact) mass is 588 g/mol. The van der Waals surface area contributed by atoms with Crippen molar-refractivity contribution in [2.24, 2.45) is 0 Å². The summed E-state index contributed by atoms with van der Waals surface area (Å²) in [4.78, 5) is 50.6. The molecular formula is C29H36N2O11. The minimum atomic E-state index is -1.20. The predicted octanol–water partition coefficient (Wildman–Crippen LogP) is 5.67. The highest BCUT2D eigenvalue weighted by Gasteiger charge is 2.50. The number of methoxy groups -OCH3 is 1. The molecule has 1 amide bonds. The van der Waals surface area contributed by atoms with Crippen molar-refractivity contribution < 1.29 is 47.7 Å². The van der Waals surface area contributed by atoms with Crippen molar-refractivity contribution in [2.45, 2.75) is 77.4 Å². The fraction of sp³-hybridized carbons (Fsp3) is 0.483. The van der Waals surface area contributed by atoms with Gasteiger partial charge in [-0.25, -0.2) is 14.4 Å². The van der Waals surface area contributed by atoms with Crippen LogP contribution in [0.4, 0.5) is 20.1 Å². The molecule has 0 saturated carbocycles. The van der Waals surface area contributed by atoms with E-state index in [1.165, 1.54) is 36.3 Å². The van der Waals surface area contributed by atoms with Crippen LogP contribution >= 0.6 is 0 Å². The number of benzene rings is 2. The molecular weight excluding hydrogens is 552 g/mol. The third-order valence-corrected chi connectivity index (χ3v) is 5.87. The van der Waals surface area contributed by atoms with Crippen LogP contribution in [0.25, 0.3) is 0 Å². The van der Waals surface area contributed by atoms with Gasteiger partial charge in [0.2, 0.25) is 0 Å². The molecule has 2 aromatic carbocycles. The highest BCUT2D eigenvalue weighted by Crippen LogP contribution is 2.31. The van der Waals surface area contributed by atoms with Crippen LogP contribution < -0.4 is 9.47 Å². The van der Waals surface area contributed by atoms with E-state index in [1.807, 2.05) is 0 Å². The lowest BCUT2D eigenvalue weighted by molar-refractivity contribution is -0.384. The summed E-state index contributed by atoms with van der Waals surface area (Å²) < 4.78 is 32.6. The molecule has 0 aliphatic carbocycles. The van der Waals surface area contributed by atoms with Gasteiger partial charge >= 0.3 is 18.4 Å². The Morgan fingerprint density at radius 1 is 0.857 bits per heavy atom. The van der Waals surface area contributed by atoms with Crippen molar-refractivity contribution in [1.29, 1.82) is 0 Å². The molecule has 1 heterocycles. The standard InChI is InChI=1S/C29H36N2O11/c1-28(2,3)41-25(32)30-17-23(39-27(34)42-29(4,5)6)24(22(30)16-18-8-12-20(37-7)13-9-18)40-26(33)38-21-14-10-19(11-15-21)31(35)36/h8-15,22-24H,16-17H2,1-7H3/t22-,23+,24+/m1/s1. The lowest BCUT2D eigenvalue weighted by Gasteiger charge is -2.30. The molecule has 2 aromatic rings. The zero-order valence-corrected chi connectivity index (χ0v) is 24.7. The number of nitro benzene ring substituents is 1. The molecule has 3 atom stereocenters. The first kappa shape index (κ1) is 32.0. The number of amides is 1. The van der Waals surface area contributed by atoms with E-state index in [-0.39, 0.29) is 24.4 Å². The minimum Gasteiger partial charge on any atom is -0.497 e. The van der Waals surface area contributed by atoms with Crippen LogP contribution in [-0.4, -0.2) is 71.3 Å². The van der Waals surface area contributed by atoms with Crippen LogP contribution in [0.15, 0.2) is 48.5 Å². The normalized spacial score (nSPS) is 18.5. The van der Waals surface area contributed by atoms with E-state index in [0.717, 1.165) is 5.56 Å². The molecule has 1 aliphatic rings. The first-order valence-corrected chi connectivity index (χ1v) is 13.2. The maximum Gasteiger partial charge on any atom is 0.514 e. The number of hydrogen-bond donors (Lipinski definition) is 0. The van der Waals surface area contributed by atoms with Gasteiger partial charge in [0.15, 0.2) is 12.2 Å². The van der Waals surface area contributed by atoms with Gasteiger partial charge in [0.25, 0.3) is 5.69 Å². The molecule has 0 N–H and O–H groups in total. The van der Waals surface area contributed by atoms with E-state index in [4.69, 9.17) is 28.4 Å². The molecule has 228 valence electrons. The number of ether oxygens (including phenoxy) is 6. The molecule has 13 heteroatoms. The molecule has 1 saturated heterocycles. The number of rotatable bonds is 7. The Morgan fingerprint density at radius 2 is 1.43 bits per heavy atom. The Kier molecular flexibility index (Phi) is 9.87. The Morgan fingerprint density at radius 3 is 1.95 bits per heavy atom. The number of carbonyl (C=O) groups excluding carboxylic acids is 3. The molecule has 0 aromatic heterocycles. The molecule has 0 bridgehead atoms. The third-order valence-electron chi connectivity index (χ3n) is 5.87. The van der Waals surface area contributed by atoms with Crippen molar-refractivity contribution in [1.82, 2.24) is 4.90 Å². The van der Waals surface area contributed by atoms with Gasteiger partial charge in [-0.15, -0.1) is 0 Å². The van der Waals surface area contributed by atoms with Crippen LogP contribution in [-0.2, 0) is 25.4 Å². The summed E-state index contributed by atoms with van der Waals surface area (Å²) in [6.45, 7) is 9.97. The van der Waals surface area contributed by atoms with E-state index in [0.29, 0.717) is 5.75 Å². The van der Waals surface area contributed by atoms with Gasteiger partial charge in [-0.1, -0.05) is 12.1 Å². The lowest BCUT2D eigenvalue weighted by Crippen LogP contribution is -2.45. The summed E-state index contributed by atoms with van der Waals surface area (Å²) in [6.07, 6.45) is -5.03. The summed E-state index contributed by atoms with van der Waals surface area (Å²) >= 11 is 0. The van der Waals surface area contributed by atoms with Gasteiger partial charge < -0.3 is 28.4 Å². The first-order valence-electron chi connectivity index (χ1n) is 13.2. The zero-order valence-electron chi connectivity index (χ0n) is 24.7. The van der Waals surface area contributed by atoms with Crippen LogP contribution in [0.1, 0.15) is 47.1 Å². The molecule has 1 fully saturated rings. The summed E-state index contributed by atoms with van der Waals surface area (Å²) in [6, 6.07) is 11.1. The number of nitrogens with zero attached hydrogens (tertiary/aromatic N) is 2. The Hall–Kier alpha value is -4.55. The molecule has 0 radical (unpaired) electrons. The average Bonchev–Trinajstić information content (AvgIpc) is 3.18. The van der Waals surface area contributed by atoms with Crippen molar-refractivity contribution in [2.75, 3.05) is 13.7 Å². The third kappa shape index (κ3) is 9.25. The number of non-ortho nitro benzene ring substituents is 1. The Balaban J connectivity index is 1.93. The van der Waals surface area contributed by atoms with Crippen LogP contribution in [0.3, 0.4) is 0 Å². The molecule has 13 nitrogen and oxygen atoms in total. The fourth-order valence-electron chi connectivity index (χ4n) is 4.14. The quantitative estimate of drug-likeness (QED) is 0.129. The fourth-order valence-corrected chi connectivity index (χ4v) is 4.14. The predicted molar refractivity (Wildman–Crippen MR) is 149 cm³/mol. The Bertz CT molecular complexity index is 1260. The van der Waals surface area contributed by atoms with E-state index < -0.39 is 52.8 Å².